The molecule has 0 fully saturated rings. The minimum atomic E-state index is -0.164. The molecule has 21 heavy (non-hydrogen) atoms. The van der Waals surface area contributed by atoms with Crippen molar-refractivity contribution < 1.29 is 4.79 Å². The molecule has 4 nitrogen and oxygen atoms in total. The monoisotopic (exact) mass is 283 g/mol. The van der Waals surface area contributed by atoms with Crippen LogP contribution in [0.4, 0.5) is 5.82 Å². The second-order valence-electron chi connectivity index (χ2n) is 5.38. The Morgan fingerprint density at radius 1 is 1.14 bits per heavy atom. The third-order valence-corrected chi connectivity index (χ3v) is 2.99. The lowest BCUT2D eigenvalue weighted by Gasteiger charge is -2.10. The maximum absolute atomic E-state index is 12.1. The lowest BCUT2D eigenvalue weighted by atomic mass is 10.1. The highest BCUT2D eigenvalue weighted by Crippen LogP contribution is 2.07. The average Bonchev–Trinajstić information content (AvgIpc) is 2.46. The van der Waals surface area contributed by atoms with Gasteiger partial charge in [-0.2, -0.15) is 0 Å². The van der Waals surface area contributed by atoms with Crippen LogP contribution in [0, 0.1) is 6.92 Å². The van der Waals surface area contributed by atoms with Gasteiger partial charge in [0.15, 0.2) is 0 Å². The van der Waals surface area contributed by atoms with Crippen molar-refractivity contribution in [3.05, 3.63) is 59.3 Å². The van der Waals surface area contributed by atoms with Crippen LogP contribution >= 0.6 is 0 Å². The molecule has 1 amide bonds. The average molecular weight is 283 g/mol. The van der Waals surface area contributed by atoms with Crippen LogP contribution in [0.15, 0.2) is 42.5 Å². The molecule has 0 unspecified atom stereocenters. The second-order valence-corrected chi connectivity index (χ2v) is 5.38. The number of amides is 1. The molecule has 0 aliphatic carbocycles. The van der Waals surface area contributed by atoms with Crippen LogP contribution in [-0.2, 0) is 6.54 Å². The minimum absolute atomic E-state index is 0.164. The van der Waals surface area contributed by atoms with Gasteiger partial charge in [-0.05, 0) is 38.5 Å². The van der Waals surface area contributed by atoms with Crippen molar-refractivity contribution in [2.75, 3.05) is 5.32 Å². The molecule has 110 valence electrons. The largest absolute Gasteiger partial charge is 0.368 e. The number of benzene rings is 1. The second kappa shape index (κ2) is 6.88. The van der Waals surface area contributed by atoms with Crippen molar-refractivity contribution in [3.8, 4) is 0 Å². The summed E-state index contributed by atoms with van der Waals surface area (Å²) in [5, 5.41) is 6.07. The number of nitrogens with zero attached hydrogens (tertiary/aromatic N) is 1. The molecule has 0 saturated carbocycles. The van der Waals surface area contributed by atoms with E-state index >= 15 is 0 Å². The molecule has 0 spiro atoms. The summed E-state index contributed by atoms with van der Waals surface area (Å²) >= 11 is 0. The van der Waals surface area contributed by atoms with Crippen LogP contribution in [0.25, 0.3) is 0 Å². The van der Waals surface area contributed by atoms with Crippen molar-refractivity contribution >= 4 is 11.7 Å². The number of aromatic nitrogens is 1. The van der Waals surface area contributed by atoms with Crippen LogP contribution < -0.4 is 10.6 Å². The van der Waals surface area contributed by atoms with Gasteiger partial charge in [-0.3, -0.25) is 4.79 Å². The van der Waals surface area contributed by atoms with E-state index in [2.05, 4.69) is 15.6 Å². The fraction of sp³-hybridized carbons (Fsp3) is 0.294. The van der Waals surface area contributed by atoms with Gasteiger partial charge in [0, 0.05) is 12.6 Å². The predicted molar refractivity (Wildman–Crippen MR) is 85.3 cm³/mol. The summed E-state index contributed by atoms with van der Waals surface area (Å²) in [5.74, 6) is 0.552. The molecule has 1 heterocycles. The molecular weight excluding hydrogens is 262 g/mol. The highest BCUT2D eigenvalue weighted by atomic mass is 16.1. The molecule has 0 saturated heterocycles. The molecule has 0 bridgehead atoms. The first-order chi connectivity index (χ1) is 10.0. The van der Waals surface area contributed by atoms with Crippen LogP contribution in [0.2, 0.25) is 0 Å². The highest BCUT2D eigenvalue weighted by Gasteiger charge is 2.08. The number of hydrogen-bond acceptors (Lipinski definition) is 3. The van der Waals surface area contributed by atoms with Gasteiger partial charge in [0.25, 0.3) is 5.91 Å². The fourth-order valence-electron chi connectivity index (χ4n) is 1.92. The Morgan fingerprint density at radius 3 is 2.52 bits per heavy atom. The Labute approximate surface area is 125 Å². The topological polar surface area (TPSA) is 54.0 Å². The maximum Gasteiger partial charge on any atom is 0.270 e. The van der Waals surface area contributed by atoms with E-state index in [0.717, 1.165) is 5.56 Å². The van der Waals surface area contributed by atoms with Gasteiger partial charge in [0.2, 0.25) is 0 Å². The summed E-state index contributed by atoms with van der Waals surface area (Å²) in [4.78, 5) is 16.4. The zero-order valence-corrected chi connectivity index (χ0v) is 12.7. The van der Waals surface area contributed by atoms with Crippen molar-refractivity contribution in [1.29, 1.82) is 0 Å². The zero-order valence-electron chi connectivity index (χ0n) is 12.7. The van der Waals surface area contributed by atoms with E-state index in [1.54, 1.807) is 6.07 Å². The number of carbonyl (C=O) groups is 1. The Kier molecular flexibility index (Phi) is 4.93. The highest BCUT2D eigenvalue weighted by molar-refractivity contribution is 5.92. The maximum atomic E-state index is 12.1. The number of nitrogens with one attached hydrogen (secondary N) is 2. The first kappa shape index (κ1) is 15.0. The zero-order chi connectivity index (χ0) is 15.2. The smallest absolute Gasteiger partial charge is 0.270 e. The Balaban J connectivity index is 1.98. The van der Waals surface area contributed by atoms with Crippen molar-refractivity contribution in [2.24, 2.45) is 0 Å². The quantitative estimate of drug-likeness (QED) is 0.886. The van der Waals surface area contributed by atoms with Crippen molar-refractivity contribution in [2.45, 2.75) is 33.4 Å². The number of anilines is 1. The molecule has 0 aliphatic rings. The van der Waals surface area contributed by atoms with E-state index < -0.39 is 0 Å². The van der Waals surface area contributed by atoms with Gasteiger partial charge in [-0.15, -0.1) is 0 Å². The Hall–Kier alpha value is -2.36. The van der Waals surface area contributed by atoms with Gasteiger partial charge in [-0.25, -0.2) is 4.98 Å². The van der Waals surface area contributed by atoms with Gasteiger partial charge in [0.05, 0.1) is 0 Å². The van der Waals surface area contributed by atoms with E-state index in [9.17, 15) is 4.79 Å². The number of aryl methyl sites for hydroxylation is 1. The summed E-state index contributed by atoms with van der Waals surface area (Å²) < 4.78 is 0. The fourth-order valence-corrected chi connectivity index (χ4v) is 1.92. The molecule has 4 heteroatoms. The third kappa shape index (κ3) is 4.60. The standard InChI is InChI=1S/C17H21N3O/c1-12(2)19-16-6-4-5-15(20-16)17(21)18-11-14-9-7-13(3)8-10-14/h4-10,12H,11H2,1-3H3,(H,18,21)(H,19,20). The normalized spacial score (nSPS) is 10.5. The van der Waals surface area contributed by atoms with Gasteiger partial charge >= 0.3 is 0 Å². The molecule has 1 aromatic carbocycles. The van der Waals surface area contributed by atoms with Crippen LogP contribution in [0.5, 0.6) is 0 Å². The predicted octanol–water partition coefficient (Wildman–Crippen LogP) is 3.14. The van der Waals surface area contributed by atoms with E-state index in [0.29, 0.717) is 18.1 Å². The minimum Gasteiger partial charge on any atom is -0.368 e. The Morgan fingerprint density at radius 2 is 1.86 bits per heavy atom. The number of rotatable bonds is 5. The summed E-state index contributed by atoms with van der Waals surface area (Å²) in [5.41, 5.74) is 2.71. The van der Waals surface area contributed by atoms with Crippen LogP contribution in [0.1, 0.15) is 35.5 Å². The molecule has 2 N–H and O–H groups in total. The molecule has 0 aliphatic heterocycles. The first-order valence-corrected chi connectivity index (χ1v) is 7.12. The van der Waals surface area contributed by atoms with Crippen LogP contribution in [0.3, 0.4) is 0 Å². The van der Waals surface area contributed by atoms with Gasteiger partial charge < -0.3 is 10.6 Å². The number of carbonyl (C=O) groups excluding carboxylic acids is 1. The Bertz CT molecular complexity index is 606. The third-order valence-electron chi connectivity index (χ3n) is 2.99. The van der Waals surface area contributed by atoms with Crippen LogP contribution in [-0.4, -0.2) is 16.9 Å². The van der Waals surface area contributed by atoms with Gasteiger partial charge in [0.1, 0.15) is 11.5 Å². The summed E-state index contributed by atoms with van der Waals surface area (Å²) in [7, 11) is 0. The lowest BCUT2D eigenvalue weighted by molar-refractivity contribution is 0.0946. The molecule has 1 aromatic heterocycles. The SMILES string of the molecule is Cc1ccc(CNC(=O)c2cccc(NC(C)C)n2)cc1. The van der Waals surface area contributed by atoms with E-state index in [1.165, 1.54) is 5.56 Å². The van der Waals surface area contributed by atoms with E-state index in [-0.39, 0.29) is 11.9 Å². The van der Waals surface area contributed by atoms with E-state index in [4.69, 9.17) is 0 Å². The van der Waals surface area contributed by atoms with Gasteiger partial charge in [-0.1, -0.05) is 35.9 Å². The summed E-state index contributed by atoms with van der Waals surface area (Å²) in [6.07, 6.45) is 0. The molecule has 2 rings (SSSR count). The summed E-state index contributed by atoms with van der Waals surface area (Å²) in [6.45, 7) is 6.61. The lowest BCUT2D eigenvalue weighted by Crippen LogP contribution is -2.24. The van der Waals surface area contributed by atoms with Crippen molar-refractivity contribution in [1.82, 2.24) is 10.3 Å². The van der Waals surface area contributed by atoms with Crippen molar-refractivity contribution in [3.63, 3.8) is 0 Å². The number of hydrogen-bond donors (Lipinski definition) is 2. The molecular formula is C17H21N3O. The summed E-state index contributed by atoms with van der Waals surface area (Å²) in [6, 6.07) is 13.8. The van der Waals surface area contributed by atoms with E-state index in [1.807, 2.05) is 57.2 Å². The molecule has 0 atom stereocenters. The molecule has 0 radical (unpaired) electrons. The number of pyridine rings is 1. The molecule has 2 aromatic rings. The first-order valence-electron chi connectivity index (χ1n) is 7.12.